The van der Waals surface area contributed by atoms with E-state index in [1.807, 2.05) is 0 Å². The molecule has 0 aliphatic carbocycles. The lowest BCUT2D eigenvalue weighted by atomic mass is 9.94. The molecule has 1 atom stereocenters. The summed E-state index contributed by atoms with van der Waals surface area (Å²) in [6, 6.07) is 3.30. The number of esters is 1. The van der Waals surface area contributed by atoms with Crippen LogP contribution in [0, 0.1) is 17.0 Å². The van der Waals surface area contributed by atoms with Crippen LogP contribution >= 0.6 is 0 Å². The monoisotopic (exact) mass is 319 g/mol. The van der Waals surface area contributed by atoms with Crippen LogP contribution in [0.15, 0.2) is 29.5 Å². The molecule has 122 valence electrons. The first-order chi connectivity index (χ1) is 10.8. The molecule has 0 bridgehead atoms. The van der Waals surface area contributed by atoms with Gasteiger partial charge in [-0.1, -0.05) is 12.1 Å². The second kappa shape index (κ2) is 6.47. The summed E-state index contributed by atoms with van der Waals surface area (Å²) in [7, 11) is 0. The first kappa shape index (κ1) is 16.5. The number of nitro groups is 1. The summed E-state index contributed by atoms with van der Waals surface area (Å²) in [5, 5.41) is 16.2. The molecule has 0 saturated carbocycles. The summed E-state index contributed by atoms with van der Waals surface area (Å²) in [6.07, 6.45) is 0. The van der Waals surface area contributed by atoms with E-state index in [1.54, 1.807) is 32.9 Å². The van der Waals surface area contributed by atoms with E-state index in [-0.39, 0.29) is 17.9 Å². The lowest BCUT2D eigenvalue weighted by Crippen LogP contribution is -2.45. The fourth-order valence-corrected chi connectivity index (χ4v) is 2.43. The molecule has 2 N–H and O–H groups in total. The number of carbonyl (C=O) groups is 2. The Labute approximate surface area is 132 Å². The zero-order valence-corrected chi connectivity index (χ0v) is 13.0. The van der Waals surface area contributed by atoms with Crippen molar-refractivity contribution in [3.05, 3.63) is 50.7 Å². The Bertz CT molecular complexity index is 711. The third-order valence-corrected chi connectivity index (χ3v) is 3.53. The van der Waals surface area contributed by atoms with Gasteiger partial charge in [-0.25, -0.2) is 9.59 Å². The predicted molar refractivity (Wildman–Crippen MR) is 81.6 cm³/mol. The van der Waals surface area contributed by atoms with Gasteiger partial charge in [-0.2, -0.15) is 0 Å². The summed E-state index contributed by atoms with van der Waals surface area (Å²) in [5.41, 5.74) is 1.46. The Hall–Kier alpha value is -2.90. The number of nitrogens with zero attached hydrogens (tertiary/aromatic N) is 1. The number of carbonyl (C=O) groups excluding carboxylic acids is 2. The number of rotatable bonds is 4. The molecule has 1 heterocycles. The number of nitro benzene ring substituents is 1. The van der Waals surface area contributed by atoms with Crippen LogP contribution in [0.1, 0.15) is 31.0 Å². The molecule has 2 rings (SSSR count). The largest absolute Gasteiger partial charge is 0.463 e. The number of hydrogen-bond donors (Lipinski definition) is 2. The maximum Gasteiger partial charge on any atom is 0.338 e. The van der Waals surface area contributed by atoms with Crippen molar-refractivity contribution >= 4 is 17.7 Å². The molecule has 2 amide bonds. The molecule has 1 aromatic carbocycles. The summed E-state index contributed by atoms with van der Waals surface area (Å²) in [4.78, 5) is 34.5. The Balaban J connectivity index is 2.52. The molecular formula is C15H17N3O5. The number of benzene rings is 1. The van der Waals surface area contributed by atoms with Gasteiger partial charge < -0.3 is 15.4 Å². The van der Waals surface area contributed by atoms with Crippen molar-refractivity contribution in [2.24, 2.45) is 0 Å². The highest BCUT2D eigenvalue weighted by molar-refractivity contribution is 5.95. The van der Waals surface area contributed by atoms with Gasteiger partial charge in [-0.15, -0.1) is 0 Å². The summed E-state index contributed by atoms with van der Waals surface area (Å²) in [6.45, 7) is 5.07. The molecule has 1 aliphatic rings. The van der Waals surface area contributed by atoms with Crippen LogP contribution in [-0.4, -0.2) is 23.5 Å². The second-order valence-corrected chi connectivity index (χ2v) is 5.09. The van der Waals surface area contributed by atoms with Crippen molar-refractivity contribution in [1.29, 1.82) is 0 Å². The minimum absolute atomic E-state index is 0.0730. The summed E-state index contributed by atoms with van der Waals surface area (Å²) < 4.78 is 5.02. The average molecular weight is 319 g/mol. The van der Waals surface area contributed by atoms with Gasteiger partial charge in [-0.05, 0) is 26.3 Å². The van der Waals surface area contributed by atoms with Gasteiger partial charge in [0.2, 0.25) is 0 Å². The van der Waals surface area contributed by atoms with E-state index >= 15 is 0 Å². The van der Waals surface area contributed by atoms with Crippen LogP contribution in [0.25, 0.3) is 0 Å². The zero-order chi connectivity index (χ0) is 17.1. The van der Waals surface area contributed by atoms with E-state index in [1.165, 1.54) is 6.07 Å². The van der Waals surface area contributed by atoms with E-state index in [9.17, 15) is 19.7 Å². The van der Waals surface area contributed by atoms with Crippen molar-refractivity contribution in [3.8, 4) is 0 Å². The van der Waals surface area contributed by atoms with Crippen molar-refractivity contribution in [1.82, 2.24) is 10.6 Å². The van der Waals surface area contributed by atoms with Crippen LogP contribution in [0.3, 0.4) is 0 Å². The van der Waals surface area contributed by atoms with Crippen molar-refractivity contribution in [2.75, 3.05) is 6.61 Å². The molecule has 0 fully saturated rings. The van der Waals surface area contributed by atoms with Crippen molar-refractivity contribution in [3.63, 3.8) is 0 Å². The quantitative estimate of drug-likeness (QED) is 0.501. The molecular weight excluding hydrogens is 302 g/mol. The van der Waals surface area contributed by atoms with Crippen molar-refractivity contribution < 1.29 is 19.2 Å². The van der Waals surface area contributed by atoms with E-state index in [0.717, 1.165) is 0 Å². The van der Waals surface area contributed by atoms with E-state index in [0.29, 0.717) is 16.8 Å². The number of amides is 2. The predicted octanol–water partition coefficient (Wildman–Crippen LogP) is 2.09. The molecule has 23 heavy (non-hydrogen) atoms. The fraction of sp³-hybridized carbons (Fsp3) is 0.333. The minimum Gasteiger partial charge on any atom is -0.463 e. The van der Waals surface area contributed by atoms with Crippen LogP contribution in [-0.2, 0) is 9.53 Å². The third kappa shape index (κ3) is 3.31. The van der Waals surface area contributed by atoms with Gasteiger partial charge in [0.15, 0.2) is 0 Å². The number of urea groups is 1. The van der Waals surface area contributed by atoms with Crippen molar-refractivity contribution in [2.45, 2.75) is 26.8 Å². The van der Waals surface area contributed by atoms with Gasteiger partial charge in [0.1, 0.15) is 0 Å². The fourth-order valence-electron chi connectivity index (χ4n) is 2.43. The normalized spacial score (nSPS) is 17.3. The molecule has 1 aliphatic heterocycles. The molecule has 8 nitrogen and oxygen atoms in total. The minimum atomic E-state index is -0.804. The van der Waals surface area contributed by atoms with Gasteiger partial charge >= 0.3 is 12.0 Å². The highest BCUT2D eigenvalue weighted by atomic mass is 16.6. The Morgan fingerprint density at radius 3 is 2.70 bits per heavy atom. The molecule has 0 spiro atoms. The highest BCUT2D eigenvalue weighted by Gasteiger charge is 2.33. The molecule has 1 aromatic rings. The maximum atomic E-state index is 12.2. The number of allylic oxidation sites excluding steroid dienone is 1. The highest BCUT2D eigenvalue weighted by Crippen LogP contribution is 2.30. The number of aryl methyl sites for hydroxylation is 1. The Morgan fingerprint density at radius 1 is 1.39 bits per heavy atom. The third-order valence-electron chi connectivity index (χ3n) is 3.53. The molecule has 8 heteroatoms. The standard InChI is InChI=1S/C15H17N3O5/c1-4-23-14(19)12-9(3)16-15(20)17-13(12)10-6-5-8(2)11(7-10)18(21)22/h5-7,13H,4H2,1-3H3,(H2,16,17,20)/t13-/m1/s1. The number of ether oxygens (including phenoxy) is 1. The first-order valence-corrected chi connectivity index (χ1v) is 7.05. The lowest BCUT2D eigenvalue weighted by Gasteiger charge is -2.28. The number of hydrogen-bond acceptors (Lipinski definition) is 5. The Morgan fingerprint density at radius 2 is 2.09 bits per heavy atom. The Kier molecular flexibility index (Phi) is 4.63. The topological polar surface area (TPSA) is 111 Å². The van der Waals surface area contributed by atoms with Crippen LogP contribution in [0.2, 0.25) is 0 Å². The van der Waals surface area contributed by atoms with E-state index in [2.05, 4.69) is 10.6 Å². The molecule has 0 unspecified atom stereocenters. The lowest BCUT2D eigenvalue weighted by molar-refractivity contribution is -0.385. The van der Waals surface area contributed by atoms with Gasteiger partial charge in [0.25, 0.3) is 5.69 Å². The first-order valence-electron chi connectivity index (χ1n) is 7.05. The van der Waals surface area contributed by atoms with Crippen LogP contribution < -0.4 is 10.6 Å². The molecule has 0 saturated heterocycles. The van der Waals surface area contributed by atoms with Gasteiger partial charge in [0.05, 0.1) is 23.1 Å². The maximum absolute atomic E-state index is 12.2. The molecule has 0 radical (unpaired) electrons. The average Bonchev–Trinajstić information content (AvgIpc) is 2.46. The van der Waals surface area contributed by atoms with Gasteiger partial charge in [-0.3, -0.25) is 10.1 Å². The number of nitrogens with one attached hydrogen (secondary N) is 2. The smallest absolute Gasteiger partial charge is 0.338 e. The summed E-state index contributed by atoms with van der Waals surface area (Å²) in [5.74, 6) is -0.578. The van der Waals surface area contributed by atoms with Crippen LogP contribution in [0.4, 0.5) is 10.5 Å². The van der Waals surface area contributed by atoms with Gasteiger partial charge in [0, 0.05) is 17.3 Å². The SMILES string of the molecule is CCOC(=O)C1=C(C)NC(=O)N[C@@H]1c1ccc(C)c([N+](=O)[O-])c1. The van der Waals surface area contributed by atoms with Crippen LogP contribution in [0.5, 0.6) is 0 Å². The van der Waals surface area contributed by atoms with E-state index < -0.39 is 23.0 Å². The molecule has 0 aromatic heterocycles. The summed E-state index contributed by atoms with van der Waals surface area (Å²) >= 11 is 0. The second-order valence-electron chi connectivity index (χ2n) is 5.09. The zero-order valence-electron chi connectivity index (χ0n) is 13.0. The van der Waals surface area contributed by atoms with E-state index in [4.69, 9.17) is 4.74 Å².